The molecular weight excluding hydrogens is 382 g/mol. The molecule has 1 saturated carbocycles. The van der Waals surface area contributed by atoms with Gasteiger partial charge in [-0.3, -0.25) is 4.79 Å². The van der Waals surface area contributed by atoms with Crippen molar-refractivity contribution in [3.63, 3.8) is 0 Å². The van der Waals surface area contributed by atoms with Crippen LogP contribution in [0, 0.1) is 0 Å². The quantitative estimate of drug-likeness (QED) is 0.420. The van der Waals surface area contributed by atoms with Gasteiger partial charge in [-0.1, -0.05) is 72.4 Å². The standard InChI is InChI=1S/C22H25N5OS/c23-27-21(18-11-12-18)25-26-22(27)29-15-20(28)24-14-13-19(16-7-3-1-4-8-16)17-9-5-2-6-10-17/h1-10,18-19H,11-15,23H2,(H,24,28). The van der Waals surface area contributed by atoms with Gasteiger partial charge in [0.05, 0.1) is 5.75 Å². The van der Waals surface area contributed by atoms with E-state index in [1.54, 1.807) is 0 Å². The van der Waals surface area contributed by atoms with Gasteiger partial charge in [0.1, 0.15) is 0 Å². The molecule has 4 rings (SSSR count). The zero-order chi connectivity index (χ0) is 20.1. The first kappa shape index (κ1) is 19.5. The molecule has 1 amide bonds. The molecule has 0 unspecified atom stereocenters. The summed E-state index contributed by atoms with van der Waals surface area (Å²) in [6.45, 7) is 0.608. The van der Waals surface area contributed by atoms with Crippen LogP contribution in [0.2, 0.25) is 0 Å². The van der Waals surface area contributed by atoms with Crippen molar-refractivity contribution in [3.05, 3.63) is 77.6 Å². The Bertz CT molecular complexity index is 901. The highest BCUT2D eigenvalue weighted by atomic mass is 32.2. The highest BCUT2D eigenvalue weighted by molar-refractivity contribution is 7.99. The number of aromatic nitrogens is 3. The number of nitrogens with two attached hydrogens (primary N) is 1. The number of rotatable bonds is 9. The molecule has 1 heterocycles. The van der Waals surface area contributed by atoms with Gasteiger partial charge in [0.15, 0.2) is 5.82 Å². The fraction of sp³-hybridized carbons (Fsp3) is 0.318. The second-order valence-electron chi connectivity index (χ2n) is 7.29. The molecule has 150 valence electrons. The molecule has 6 nitrogen and oxygen atoms in total. The highest BCUT2D eigenvalue weighted by Crippen LogP contribution is 2.39. The molecule has 0 aliphatic heterocycles. The van der Waals surface area contributed by atoms with Gasteiger partial charge in [0.25, 0.3) is 0 Å². The van der Waals surface area contributed by atoms with Crippen molar-refractivity contribution >= 4 is 17.7 Å². The molecule has 29 heavy (non-hydrogen) atoms. The number of carbonyl (C=O) groups excluding carboxylic acids is 1. The first-order valence-electron chi connectivity index (χ1n) is 9.92. The van der Waals surface area contributed by atoms with Crippen LogP contribution in [-0.4, -0.2) is 33.1 Å². The van der Waals surface area contributed by atoms with Crippen molar-refractivity contribution in [1.29, 1.82) is 0 Å². The minimum absolute atomic E-state index is 0.0224. The molecule has 1 aromatic heterocycles. The Morgan fingerprint density at radius 2 is 1.69 bits per heavy atom. The SMILES string of the molecule is Nn1c(SCC(=O)NCCC(c2ccccc2)c2ccccc2)nnc1C1CC1. The van der Waals surface area contributed by atoms with E-state index >= 15 is 0 Å². The fourth-order valence-corrected chi connectivity index (χ4v) is 4.13. The normalized spacial score (nSPS) is 13.6. The van der Waals surface area contributed by atoms with E-state index in [9.17, 15) is 4.79 Å². The topological polar surface area (TPSA) is 85.8 Å². The number of nitrogen functional groups attached to an aromatic ring is 1. The van der Waals surface area contributed by atoms with Gasteiger partial charge in [0.2, 0.25) is 11.1 Å². The van der Waals surface area contributed by atoms with Crippen LogP contribution in [0.1, 0.15) is 48.0 Å². The maximum atomic E-state index is 12.3. The lowest BCUT2D eigenvalue weighted by Gasteiger charge is -2.18. The van der Waals surface area contributed by atoms with Crippen LogP contribution >= 0.6 is 11.8 Å². The zero-order valence-corrected chi connectivity index (χ0v) is 17.0. The molecule has 7 heteroatoms. The smallest absolute Gasteiger partial charge is 0.230 e. The van der Waals surface area contributed by atoms with Crippen LogP contribution in [-0.2, 0) is 4.79 Å². The summed E-state index contributed by atoms with van der Waals surface area (Å²) < 4.78 is 1.52. The van der Waals surface area contributed by atoms with Crippen molar-refractivity contribution in [2.75, 3.05) is 18.1 Å². The third kappa shape index (κ3) is 4.98. The second kappa shape index (κ2) is 9.13. The number of amides is 1. The summed E-state index contributed by atoms with van der Waals surface area (Å²) in [7, 11) is 0. The van der Waals surface area contributed by atoms with Crippen LogP contribution in [0.15, 0.2) is 65.8 Å². The van der Waals surface area contributed by atoms with E-state index in [4.69, 9.17) is 5.84 Å². The van der Waals surface area contributed by atoms with E-state index in [0.717, 1.165) is 25.1 Å². The Morgan fingerprint density at radius 3 is 2.28 bits per heavy atom. The summed E-state index contributed by atoms with van der Waals surface area (Å²) in [5.74, 6) is 7.80. The summed E-state index contributed by atoms with van der Waals surface area (Å²) in [6, 6.07) is 20.8. The van der Waals surface area contributed by atoms with E-state index in [0.29, 0.717) is 17.6 Å². The number of nitrogens with zero attached hydrogens (tertiary/aromatic N) is 3. The van der Waals surface area contributed by atoms with Crippen molar-refractivity contribution in [2.24, 2.45) is 0 Å². The third-order valence-electron chi connectivity index (χ3n) is 5.12. The lowest BCUT2D eigenvalue weighted by atomic mass is 9.88. The predicted molar refractivity (Wildman–Crippen MR) is 115 cm³/mol. The Kier molecular flexibility index (Phi) is 6.14. The molecule has 0 spiro atoms. The van der Waals surface area contributed by atoms with Crippen LogP contribution in [0.4, 0.5) is 0 Å². The van der Waals surface area contributed by atoms with Crippen LogP contribution < -0.4 is 11.2 Å². The van der Waals surface area contributed by atoms with Crippen molar-refractivity contribution in [1.82, 2.24) is 20.2 Å². The minimum Gasteiger partial charge on any atom is -0.355 e. The van der Waals surface area contributed by atoms with E-state index in [-0.39, 0.29) is 17.6 Å². The fourth-order valence-electron chi connectivity index (χ4n) is 3.44. The lowest BCUT2D eigenvalue weighted by molar-refractivity contribution is -0.118. The maximum absolute atomic E-state index is 12.3. The van der Waals surface area contributed by atoms with Gasteiger partial charge in [0, 0.05) is 18.4 Å². The maximum Gasteiger partial charge on any atom is 0.230 e. The van der Waals surface area contributed by atoms with Crippen molar-refractivity contribution in [2.45, 2.75) is 36.3 Å². The molecule has 0 saturated heterocycles. The lowest BCUT2D eigenvalue weighted by Crippen LogP contribution is -2.27. The Morgan fingerprint density at radius 1 is 1.07 bits per heavy atom. The van der Waals surface area contributed by atoms with E-state index in [2.05, 4.69) is 64.0 Å². The van der Waals surface area contributed by atoms with Gasteiger partial charge in [-0.25, -0.2) is 4.68 Å². The molecule has 0 atom stereocenters. The van der Waals surface area contributed by atoms with Gasteiger partial charge >= 0.3 is 0 Å². The number of hydrogen-bond acceptors (Lipinski definition) is 5. The molecule has 1 aliphatic rings. The molecule has 0 bridgehead atoms. The Hall–Kier alpha value is -2.80. The summed E-state index contributed by atoms with van der Waals surface area (Å²) in [4.78, 5) is 12.3. The Labute approximate surface area is 174 Å². The number of thioether (sulfide) groups is 1. The molecule has 0 radical (unpaired) electrons. The number of nitrogens with one attached hydrogen (secondary N) is 1. The minimum atomic E-state index is -0.0224. The largest absolute Gasteiger partial charge is 0.355 e. The first-order chi connectivity index (χ1) is 14.2. The van der Waals surface area contributed by atoms with Gasteiger partial charge in [-0.2, -0.15) is 0 Å². The Balaban J connectivity index is 1.30. The van der Waals surface area contributed by atoms with Crippen LogP contribution in [0.5, 0.6) is 0 Å². The van der Waals surface area contributed by atoms with Gasteiger partial charge in [-0.15, -0.1) is 10.2 Å². The van der Waals surface area contributed by atoms with Gasteiger partial charge in [-0.05, 0) is 30.4 Å². The third-order valence-corrected chi connectivity index (χ3v) is 6.07. The monoisotopic (exact) mass is 407 g/mol. The van der Waals surface area contributed by atoms with Crippen LogP contribution in [0.25, 0.3) is 0 Å². The highest BCUT2D eigenvalue weighted by Gasteiger charge is 2.30. The molecule has 1 aliphatic carbocycles. The van der Waals surface area contributed by atoms with Gasteiger partial charge < -0.3 is 11.2 Å². The molecule has 2 aromatic carbocycles. The number of benzene rings is 2. The summed E-state index contributed by atoms with van der Waals surface area (Å²) in [5, 5.41) is 11.9. The first-order valence-corrected chi connectivity index (χ1v) is 10.9. The molecule has 3 N–H and O–H groups in total. The van der Waals surface area contributed by atoms with E-state index in [1.807, 2.05) is 12.1 Å². The van der Waals surface area contributed by atoms with Crippen molar-refractivity contribution < 1.29 is 4.79 Å². The molecule has 3 aromatic rings. The van der Waals surface area contributed by atoms with Crippen LogP contribution in [0.3, 0.4) is 0 Å². The van der Waals surface area contributed by atoms with Crippen molar-refractivity contribution in [3.8, 4) is 0 Å². The van der Waals surface area contributed by atoms with E-state index < -0.39 is 0 Å². The molecule has 1 fully saturated rings. The second-order valence-corrected chi connectivity index (χ2v) is 8.23. The summed E-state index contributed by atoms with van der Waals surface area (Å²) >= 11 is 1.33. The predicted octanol–water partition coefficient (Wildman–Crippen LogP) is 3.30. The van der Waals surface area contributed by atoms with E-state index in [1.165, 1.54) is 27.6 Å². The zero-order valence-electron chi connectivity index (χ0n) is 16.2. The summed E-state index contributed by atoms with van der Waals surface area (Å²) in [6.07, 6.45) is 3.07. The average molecular weight is 408 g/mol. The molecular formula is C22H25N5OS. The average Bonchev–Trinajstić information content (AvgIpc) is 3.54. The summed E-state index contributed by atoms with van der Waals surface area (Å²) in [5.41, 5.74) is 2.51. The number of carbonyl (C=O) groups is 1. The number of hydrogen-bond donors (Lipinski definition) is 2.